The summed E-state index contributed by atoms with van der Waals surface area (Å²) in [6.45, 7) is 2.00. The average Bonchev–Trinajstić information content (AvgIpc) is 3.36. The Kier molecular flexibility index (Phi) is 3.53. The summed E-state index contributed by atoms with van der Waals surface area (Å²) in [6.07, 6.45) is 2.09. The van der Waals surface area contributed by atoms with Gasteiger partial charge in [0.2, 0.25) is 11.9 Å². The van der Waals surface area contributed by atoms with Crippen LogP contribution in [0.2, 0.25) is 0 Å². The Morgan fingerprint density at radius 3 is 2.63 bits per heavy atom. The Bertz CT molecular complexity index is 1050. The van der Waals surface area contributed by atoms with E-state index in [-0.39, 0.29) is 24.3 Å². The first kappa shape index (κ1) is 16.1. The van der Waals surface area contributed by atoms with Crippen LogP contribution in [0, 0.1) is 6.92 Å². The molecule has 5 rings (SSSR count). The number of carbonyl (C=O) groups is 2. The Morgan fingerprint density at radius 2 is 1.89 bits per heavy atom. The van der Waals surface area contributed by atoms with Gasteiger partial charge < -0.3 is 5.32 Å². The third kappa shape index (κ3) is 2.68. The maximum absolute atomic E-state index is 13.1. The lowest BCUT2D eigenvalue weighted by Crippen LogP contribution is -2.33. The second-order valence-corrected chi connectivity index (χ2v) is 7.34. The summed E-state index contributed by atoms with van der Waals surface area (Å²) >= 11 is 0. The summed E-state index contributed by atoms with van der Waals surface area (Å²) in [5, 5.41) is 2.90. The molecule has 1 saturated carbocycles. The predicted octanol–water partition coefficient (Wildman–Crippen LogP) is 3.42. The van der Waals surface area contributed by atoms with Crippen LogP contribution in [0.15, 0.2) is 48.5 Å². The van der Waals surface area contributed by atoms with Crippen molar-refractivity contribution in [2.75, 3.05) is 10.2 Å². The van der Waals surface area contributed by atoms with Crippen LogP contribution in [-0.2, 0) is 9.59 Å². The molecule has 1 aliphatic heterocycles. The van der Waals surface area contributed by atoms with Crippen molar-refractivity contribution in [1.29, 1.82) is 0 Å². The molecule has 6 heteroatoms. The maximum Gasteiger partial charge on any atom is 0.253 e. The number of para-hydroxylation sites is 2. The van der Waals surface area contributed by atoms with Gasteiger partial charge in [0.1, 0.15) is 6.04 Å². The molecule has 136 valence electrons. The van der Waals surface area contributed by atoms with E-state index in [1.54, 1.807) is 4.90 Å². The molecule has 1 atom stereocenters. The van der Waals surface area contributed by atoms with Gasteiger partial charge in [0.15, 0.2) is 0 Å². The normalized spacial score (nSPS) is 18.8. The summed E-state index contributed by atoms with van der Waals surface area (Å²) in [5.74, 6) is 0.486. The van der Waals surface area contributed by atoms with Crippen LogP contribution in [0.1, 0.15) is 30.9 Å². The van der Waals surface area contributed by atoms with Crippen molar-refractivity contribution < 1.29 is 9.59 Å². The molecule has 0 bridgehead atoms. The van der Waals surface area contributed by atoms with Gasteiger partial charge in [0, 0.05) is 11.7 Å². The van der Waals surface area contributed by atoms with Crippen molar-refractivity contribution >= 4 is 34.5 Å². The number of imidazole rings is 1. The van der Waals surface area contributed by atoms with Crippen LogP contribution in [-0.4, -0.2) is 27.4 Å². The smallest absolute Gasteiger partial charge is 0.253 e. The molecule has 2 aliphatic rings. The van der Waals surface area contributed by atoms with Gasteiger partial charge in [0.05, 0.1) is 17.5 Å². The van der Waals surface area contributed by atoms with Gasteiger partial charge in [-0.25, -0.2) is 4.98 Å². The first-order chi connectivity index (χ1) is 13.1. The Morgan fingerprint density at radius 1 is 1.15 bits per heavy atom. The summed E-state index contributed by atoms with van der Waals surface area (Å²) in [4.78, 5) is 32.2. The fourth-order valence-electron chi connectivity index (χ4n) is 3.76. The minimum absolute atomic E-state index is 0.0233. The van der Waals surface area contributed by atoms with Gasteiger partial charge in [-0.1, -0.05) is 29.8 Å². The van der Waals surface area contributed by atoms with E-state index in [1.807, 2.05) is 60.0 Å². The highest BCUT2D eigenvalue weighted by Gasteiger charge is 2.47. The van der Waals surface area contributed by atoms with Crippen molar-refractivity contribution in [3.05, 3.63) is 54.1 Å². The first-order valence-corrected chi connectivity index (χ1v) is 9.28. The fraction of sp³-hybridized carbons (Fsp3) is 0.286. The number of nitrogens with one attached hydrogen (secondary N) is 1. The van der Waals surface area contributed by atoms with Crippen molar-refractivity contribution in [2.24, 2.45) is 0 Å². The number of carbonyl (C=O) groups excluding carboxylic acids is 2. The number of benzene rings is 2. The molecule has 1 aliphatic carbocycles. The zero-order valence-corrected chi connectivity index (χ0v) is 15.1. The zero-order chi connectivity index (χ0) is 18.5. The quantitative estimate of drug-likeness (QED) is 0.775. The number of hydrogen-bond acceptors (Lipinski definition) is 3. The highest BCUT2D eigenvalue weighted by atomic mass is 16.2. The molecular formula is C21H20N4O2. The maximum atomic E-state index is 13.1. The minimum atomic E-state index is -0.543. The highest BCUT2D eigenvalue weighted by Crippen LogP contribution is 2.42. The number of aryl methyl sites for hydroxylation is 1. The van der Waals surface area contributed by atoms with Crippen LogP contribution in [0.4, 0.5) is 11.6 Å². The summed E-state index contributed by atoms with van der Waals surface area (Å²) in [6, 6.07) is 15.1. The first-order valence-electron chi connectivity index (χ1n) is 9.28. The number of aromatic nitrogens is 2. The molecule has 6 nitrogen and oxygen atoms in total. The zero-order valence-electron chi connectivity index (χ0n) is 15.1. The van der Waals surface area contributed by atoms with Crippen molar-refractivity contribution in [2.45, 2.75) is 38.3 Å². The van der Waals surface area contributed by atoms with Crippen LogP contribution in [0.3, 0.4) is 0 Å². The van der Waals surface area contributed by atoms with Crippen LogP contribution in [0.5, 0.6) is 0 Å². The standard InChI is InChI=1S/C21H20N4O2/c1-13-6-8-14(9-7-13)22-19(26)12-18-20(27)24(15-10-11-15)21-23-16-4-2-3-5-17(16)25(18)21/h2-9,15,18H,10-12H2,1H3,(H,22,26)/t18-/m0/s1. The van der Waals surface area contributed by atoms with Crippen LogP contribution in [0.25, 0.3) is 11.0 Å². The molecule has 0 radical (unpaired) electrons. The van der Waals surface area contributed by atoms with Gasteiger partial charge >= 0.3 is 0 Å². The summed E-state index contributed by atoms with van der Waals surface area (Å²) in [7, 11) is 0. The summed E-state index contributed by atoms with van der Waals surface area (Å²) in [5.41, 5.74) is 3.63. The molecular weight excluding hydrogens is 340 g/mol. The molecule has 0 unspecified atom stereocenters. The third-order valence-electron chi connectivity index (χ3n) is 5.25. The monoisotopic (exact) mass is 360 g/mol. The lowest BCUT2D eigenvalue weighted by molar-refractivity contribution is -0.124. The van der Waals surface area contributed by atoms with Gasteiger partial charge in [-0.2, -0.15) is 0 Å². The van der Waals surface area contributed by atoms with E-state index in [0.29, 0.717) is 5.95 Å². The molecule has 2 aromatic carbocycles. The van der Waals surface area contributed by atoms with Crippen molar-refractivity contribution in [3.8, 4) is 0 Å². The highest BCUT2D eigenvalue weighted by molar-refractivity contribution is 6.05. The SMILES string of the molecule is Cc1ccc(NC(=O)C[C@H]2C(=O)N(C3CC3)c3nc4ccccc4n32)cc1. The van der Waals surface area contributed by atoms with E-state index >= 15 is 0 Å². The van der Waals surface area contributed by atoms with E-state index in [1.165, 1.54) is 0 Å². The Labute approximate surface area is 156 Å². The average molecular weight is 360 g/mol. The molecule has 0 saturated heterocycles. The van der Waals surface area contributed by atoms with Gasteiger partial charge in [0.25, 0.3) is 5.91 Å². The molecule has 2 amide bonds. The van der Waals surface area contributed by atoms with E-state index in [9.17, 15) is 9.59 Å². The number of amides is 2. The van der Waals surface area contributed by atoms with Crippen molar-refractivity contribution in [3.63, 3.8) is 0 Å². The number of nitrogens with zero attached hydrogens (tertiary/aromatic N) is 3. The number of hydrogen-bond donors (Lipinski definition) is 1. The second-order valence-electron chi connectivity index (χ2n) is 7.34. The molecule has 3 aromatic rings. The van der Waals surface area contributed by atoms with Crippen molar-refractivity contribution in [1.82, 2.24) is 9.55 Å². The number of anilines is 2. The molecule has 1 N–H and O–H groups in total. The molecule has 2 heterocycles. The predicted molar refractivity (Wildman–Crippen MR) is 104 cm³/mol. The Hall–Kier alpha value is -3.15. The largest absolute Gasteiger partial charge is 0.326 e. The second kappa shape index (κ2) is 5.94. The van der Waals surface area contributed by atoms with Gasteiger partial charge in [-0.05, 0) is 44.0 Å². The fourth-order valence-corrected chi connectivity index (χ4v) is 3.76. The van der Waals surface area contributed by atoms with E-state index in [4.69, 9.17) is 0 Å². The van der Waals surface area contributed by atoms with Crippen LogP contribution >= 0.6 is 0 Å². The van der Waals surface area contributed by atoms with Crippen LogP contribution < -0.4 is 10.2 Å². The Balaban J connectivity index is 1.46. The molecule has 1 fully saturated rings. The molecule has 27 heavy (non-hydrogen) atoms. The van der Waals surface area contributed by atoms with E-state index in [2.05, 4.69) is 10.3 Å². The molecule has 0 spiro atoms. The summed E-state index contributed by atoms with van der Waals surface area (Å²) < 4.78 is 1.94. The van der Waals surface area contributed by atoms with E-state index in [0.717, 1.165) is 35.1 Å². The van der Waals surface area contributed by atoms with Gasteiger partial charge in [-0.3, -0.25) is 19.1 Å². The lowest BCUT2D eigenvalue weighted by atomic mass is 10.1. The number of fused-ring (bicyclic) bond motifs is 3. The lowest BCUT2D eigenvalue weighted by Gasteiger charge is -2.15. The topological polar surface area (TPSA) is 67.2 Å². The van der Waals surface area contributed by atoms with Gasteiger partial charge in [-0.15, -0.1) is 0 Å². The van der Waals surface area contributed by atoms with E-state index < -0.39 is 6.04 Å². The molecule has 1 aromatic heterocycles. The number of rotatable bonds is 4. The minimum Gasteiger partial charge on any atom is -0.326 e. The third-order valence-corrected chi connectivity index (χ3v) is 5.25.